The largest absolute Gasteiger partial charge is 0.366 e. The molecule has 0 aromatic heterocycles. The molecule has 0 radical (unpaired) electrons. The summed E-state index contributed by atoms with van der Waals surface area (Å²) in [7, 11) is 0. The zero-order chi connectivity index (χ0) is 12.8. The Morgan fingerprint density at radius 3 is 2.38 bits per heavy atom. The van der Waals surface area contributed by atoms with E-state index in [1.165, 1.54) is 0 Å². The van der Waals surface area contributed by atoms with Crippen molar-refractivity contribution in [3.05, 3.63) is 24.8 Å². The SMILES string of the molecule is C=CCOC(CC(=C)C)C(=O)CC(C)(C)C. The molecule has 0 heterocycles. The number of rotatable bonds is 7. The Kier molecular flexibility index (Phi) is 6.27. The number of hydrogen-bond acceptors (Lipinski definition) is 2. The highest BCUT2D eigenvalue weighted by molar-refractivity contribution is 5.83. The highest BCUT2D eigenvalue weighted by Gasteiger charge is 2.24. The average molecular weight is 224 g/mol. The van der Waals surface area contributed by atoms with Crippen LogP contribution in [-0.4, -0.2) is 18.5 Å². The van der Waals surface area contributed by atoms with Gasteiger partial charge in [0.2, 0.25) is 0 Å². The molecule has 2 heteroatoms. The number of hydrogen-bond donors (Lipinski definition) is 0. The number of carbonyl (C=O) groups excluding carboxylic acids is 1. The summed E-state index contributed by atoms with van der Waals surface area (Å²) in [6, 6.07) is 0. The van der Waals surface area contributed by atoms with Crippen molar-refractivity contribution in [1.82, 2.24) is 0 Å². The van der Waals surface area contributed by atoms with Crippen molar-refractivity contribution in [3.63, 3.8) is 0 Å². The second-order valence-electron chi connectivity index (χ2n) is 5.48. The zero-order valence-corrected chi connectivity index (χ0v) is 11.0. The fraction of sp³-hybridized carbons (Fsp3) is 0.643. The molecule has 0 saturated carbocycles. The van der Waals surface area contributed by atoms with Crippen LogP contribution in [0.4, 0.5) is 0 Å². The first kappa shape index (κ1) is 15.1. The predicted octanol–water partition coefficient (Wildman–Crippen LogP) is 3.53. The van der Waals surface area contributed by atoms with Gasteiger partial charge in [-0.05, 0) is 12.3 Å². The van der Waals surface area contributed by atoms with Crippen molar-refractivity contribution < 1.29 is 9.53 Å². The summed E-state index contributed by atoms with van der Waals surface area (Å²) in [5.41, 5.74) is 0.971. The number of ether oxygens (including phenoxy) is 1. The quantitative estimate of drug-likeness (QED) is 0.618. The Hall–Kier alpha value is -0.890. The van der Waals surface area contributed by atoms with Crippen LogP contribution in [-0.2, 0) is 9.53 Å². The molecule has 16 heavy (non-hydrogen) atoms. The summed E-state index contributed by atoms with van der Waals surface area (Å²) in [6.45, 7) is 15.9. The van der Waals surface area contributed by atoms with Gasteiger partial charge in [0, 0.05) is 12.8 Å². The normalized spacial score (nSPS) is 13.2. The number of Topliss-reactive ketones (excluding diaryl/α,β-unsaturated/α-hetero) is 1. The van der Waals surface area contributed by atoms with Gasteiger partial charge in [0.15, 0.2) is 5.78 Å². The van der Waals surface area contributed by atoms with Crippen molar-refractivity contribution in [1.29, 1.82) is 0 Å². The third kappa shape index (κ3) is 7.41. The van der Waals surface area contributed by atoms with E-state index in [0.29, 0.717) is 19.4 Å². The van der Waals surface area contributed by atoms with E-state index in [1.54, 1.807) is 6.08 Å². The van der Waals surface area contributed by atoms with E-state index < -0.39 is 0 Å². The zero-order valence-electron chi connectivity index (χ0n) is 11.0. The monoisotopic (exact) mass is 224 g/mol. The molecule has 0 aliphatic carbocycles. The minimum atomic E-state index is -0.366. The summed E-state index contributed by atoms with van der Waals surface area (Å²) < 4.78 is 5.48. The van der Waals surface area contributed by atoms with Gasteiger partial charge in [0.25, 0.3) is 0 Å². The topological polar surface area (TPSA) is 26.3 Å². The molecular formula is C14H24O2. The minimum absolute atomic E-state index is 0.00193. The van der Waals surface area contributed by atoms with Crippen molar-refractivity contribution >= 4 is 5.78 Å². The standard InChI is InChI=1S/C14H24O2/c1-7-8-16-13(9-11(2)3)12(15)10-14(4,5)6/h7,13H,1-2,8-10H2,3-6H3. The average Bonchev–Trinajstić information content (AvgIpc) is 2.08. The highest BCUT2D eigenvalue weighted by atomic mass is 16.5. The first-order valence-corrected chi connectivity index (χ1v) is 5.66. The molecule has 1 atom stereocenters. The molecule has 0 aromatic carbocycles. The van der Waals surface area contributed by atoms with Gasteiger partial charge in [0.1, 0.15) is 6.10 Å². The van der Waals surface area contributed by atoms with Crippen LogP contribution in [0.2, 0.25) is 0 Å². The first-order valence-electron chi connectivity index (χ1n) is 5.66. The lowest BCUT2D eigenvalue weighted by Gasteiger charge is -2.22. The molecule has 92 valence electrons. The lowest BCUT2D eigenvalue weighted by Crippen LogP contribution is -2.28. The van der Waals surface area contributed by atoms with E-state index in [-0.39, 0.29) is 17.3 Å². The fourth-order valence-electron chi connectivity index (χ4n) is 1.40. The molecule has 0 saturated heterocycles. The van der Waals surface area contributed by atoms with E-state index in [0.717, 1.165) is 5.57 Å². The smallest absolute Gasteiger partial charge is 0.162 e. The molecular weight excluding hydrogens is 200 g/mol. The summed E-state index contributed by atoms with van der Waals surface area (Å²) >= 11 is 0. The van der Waals surface area contributed by atoms with E-state index >= 15 is 0 Å². The van der Waals surface area contributed by atoms with Crippen LogP contribution in [0.25, 0.3) is 0 Å². The Labute approximate surface area is 99.4 Å². The van der Waals surface area contributed by atoms with E-state index in [9.17, 15) is 4.79 Å². The molecule has 0 N–H and O–H groups in total. The first-order chi connectivity index (χ1) is 7.26. The predicted molar refractivity (Wildman–Crippen MR) is 68.4 cm³/mol. The van der Waals surface area contributed by atoms with E-state index in [2.05, 4.69) is 33.9 Å². The molecule has 0 rings (SSSR count). The summed E-state index contributed by atoms with van der Waals surface area (Å²) in [5.74, 6) is 0.150. The molecule has 0 fully saturated rings. The molecule has 2 nitrogen and oxygen atoms in total. The third-order valence-corrected chi connectivity index (χ3v) is 2.01. The number of carbonyl (C=O) groups is 1. The van der Waals surface area contributed by atoms with Crippen LogP contribution in [0.3, 0.4) is 0 Å². The van der Waals surface area contributed by atoms with Gasteiger partial charge < -0.3 is 4.74 Å². The second-order valence-corrected chi connectivity index (χ2v) is 5.48. The van der Waals surface area contributed by atoms with Crippen LogP contribution < -0.4 is 0 Å². The van der Waals surface area contributed by atoms with Gasteiger partial charge in [-0.15, -0.1) is 13.2 Å². The lowest BCUT2D eigenvalue weighted by molar-refractivity contribution is -0.131. The van der Waals surface area contributed by atoms with Crippen LogP contribution in [0, 0.1) is 5.41 Å². The van der Waals surface area contributed by atoms with Crippen LogP contribution in [0.15, 0.2) is 24.8 Å². The maximum atomic E-state index is 12.0. The molecule has 0 aliphatic rings. The molecule has 1 unspecified atom stereocenters. The fourth-order valence-corrected chi connectivity index (χ4v) is 1.40. The van der Waals surface area contributed by atoms with Crippen molar-refractivity contribution in [2.75, 3.05) is 6.61 Å². The Morgan fingerprint density at radius 2 is 2.00 bits per heavy atom. The van der Waals surface area contributed by atoms with Crippen LogP contribution >= 0.6 is 0 Å². The third-order valence-electron chi connectivity index (χ3n) is 2.01. The molecule has 0 amide bonds. The summed E-state index contributed by atoms with van der Waals surface area (Å²) in [5, 5.41) is 0. The minimum Gasteiger partial charge on any atom is -0.366 e. The van der Waals surface area contributed by atoms with Crippen LogP contribution in [0.1, 0.15) is 40.5 Å². The van der Waals surface area contributed by atoms with Crippen LogP contribution in [0.5, 0.6) is 0 Å². The van der Waals surface area contributed by atoms with Gasteiger partial charge in [-0.1, -0.05) is 32.4 Å². The summed E-state index contributed by atoms with van der Waals surface area (Å²) in [4.78, 5) is 12.0. The Balaban J connectivity index is 4.42. The maximum Gasteiger partial charge on any atom is 0.162 e. The second kappa shape index (κ2) is 6.64. The van der Waals surface area contributed by atoms with Crippen molar-refractivity contribution in [2.24, 2.45) is 5.41 Å². The lowest BCUT2D eigenvalue weighted by atomic mass is 9.87. The van der Waals surface area contributed by atoms with E-state index in [4.69, 9.17) is 4.74 Å². The van der Waals surface area contributed by atoms with Gasteiger partial charge in [0.05, 0.1) is 6.61 Å². The Morgan fingerprint density at radius 1 is 1.44 bits per heavy atom. The Bertz CT molecular complexity index is 258. The van der Waals surface area contributed by atoms with Gasteiger partial charge in [-0.2, -0.15) is 0 Å². The van der Waals surface area contributed by atoms with Gasteiger partial charge in [-0.3, -0.25) is 4.79 Å². The van der Waals surface area contributed by atoms with Crippen molar-refractivity contribution in [2.45, 2.75) is 46.6 Å². The molecule has 0 aromatic rings. The molecule has 0 aliphatic heterocycles. The highest BCUT2D eigenvalue weighted by Crippen LogP contribution is 2.22. The van der Waals surface area contributed by atoms with Gasteiger partial charge in [-0.25, -0.2) is 0 Å². The number of ketones is 1. The van der Waals surface area contributed by atoms with Gasteiger partial charge >= 0.3 is 0 Å². The molecule has 0 bridgehead atoms. The summed E-state index contributed by atoms with van der Waals surface area (Å²) in [6.07, 6.45) is 2.43. The van der Waals surface area contributed by atoms with E-state index in [1.807, 2.05) is 6.92 Å². The van der Waals surface area contributed by atoms with Crippen molar-refractivity contribution in [3.8, 4) is 0 Å². The molecule has 0 spiro atoms. The maximum absolute atomic E-state index is 12.0.